The fourth-order valence-corrected chi connectivity index (χ4v) is 3.18. The van der Waals surface area contributed by atoms with Crippen LogP contribution in [-0.4, -0.2) is 28.9 Å². The summed E-state index contributed by atoms with van der Waals surface area (Å²) < 4.78 is 11.1. The Morgan fingerprint density at radius 1 is 0.970 bits per heavy atom. The van der Waals surface area contributed by atoms with Crippen LogP contribution in [0.4, 0.5) is 4.79 Å². The van der Waals surface area contributed by atoms with Gasteiger partial charge in [0.2, 0.25) is 0 Å². The predicted octanol–water partition coefficient (Wildman–Crippen LogP) is 5.28. The number of alkyl carbamates (subject to hydrolysis) is 1. The van der Waals surface area contributed by atoms with Crippen LogP contribution in [0.1, 0.15) is 64.7 Å². The van der Waals surface area contributed by atoms with E-state index in [1.54, 1.807) is 20.8 Å². The highest BCUT2D eigenvalue weighted by molar-refractivity contribution is 5.69. The third kappa shape index (κ3) is 8.43. The summed E-state index contributed by atoms with van der Waals surface area (Å²) >= 11 is 0. The van der Waals surface area contributed by atoms with Crippen LogP contribution < -0.4 is 10.1 Å². The number of hydrogen-bond acceptors (Lipinski definition) is 5. The number of rotatable bonds is 8. The summed E-state index contributed by atoms with van der Waals surface area (Å²) in [6.45, 7) is 11.8. The lowest BCUT2D eigenvalue weighted by atomic mass is 9.87. The highest BCUT2D eigenvalue weighted by Crippen LogP contribution is 2.23. The second-order valence-corrected chi connectivity index (χ2v) is 10.4. The van der Waals surface area contributed by atoms with E-state index in [-0.39, 0.29) is 11.8 Å². The minimum Gasteiger partial charge on any atom is -0.489 e. The van der Waals surface area contributed by atoms with E-state index < -0.39 is 23.8 Å². The lowest BCUT2D eigenvalue weighted by Crippen LogP contribution is -2.52. The van der Waals surface area contributed by atoms with Gasteiger partial charge < -0.3 is 19.9 Å². The van der Waals surface area contributed by atoms with Crippen LogP contribution >= 0.6 is 0 Å². The average Bonchev–Trinajstić information content (AvgIpc) is 2.74. The maximum atomic E-state index is 12.1. The smallest absolute Gasteiger partial charge is 0.408 e. The van der Waals surface area contributed by atoms with Gasteiger partial charge >= 0.3 is 6.09 Å². The van der Waals surface area contributed by atoms with Crippen LogP contribution in [0.3, 0.4) is 0 Å². The van der Waals surface area contributed by atoms with Gasteiger partial charge in [-0.3, -0.25) is 0 Å². The van der Waals surface area contributed by atoms with Gasteiger partial charge in [-0.2, -0.15) is 5.26 Å². The summed E-state index contributed by atoms with van der Waals surface area (Å²) in [6.07, 6.45) is 0.0234. The van der Waals surface area contributed by atoms with E-state index in [0.717, 1.165) is 16.9 Å². The standard InChI is InChI=1S/C27H36N2O4/c1-25(2,3)22-11-7-21(8-12-22)17-32-23-13-9-20(10-14-23)15-16-27(18-28,19-30)29-24(31)33-26(4,5)6/h7-14,30H,15-17,19H2,1-6H3,(H,29,31). The average molecular weight is 453 g/mol. The van der Waals surface area contributed by atoms with Crippen LogP contribution in [-0.2, 0) is 23.2 Å². The van der Waals surface area contributed by atoms with Crippen molar-refractivity contribution in [2.45, 2.75) is 77.5 Å². The van der Waals surface area contributed by atoms with Gasteiger partial charge in [0.05, 0.1) is 12.7 Å². The Labute approximate surface area is 197 Å². The van der Waals surface area contributed by atoms with Gasteiger partial charge in [-0.25, -0.2) is 4.79 Å². The molecule has 0 aliphatic carbocycles. The van der Waals surface area contributed by atoms with E-state index in [2.05, 4.69) is 50.4 Å². The SMILES string of the molecule is CC(C)(C)OC(=O)NC(C#N)(CO)CCc1ccc(OCc2ccc(C(C)(C)C)cc2)cc1. The number of carbonyl (C=O) groups excluding carboxylic acids is 1. The molecule has 0 aliphatic heterocycles. The predicted molar refractivity (Wildman–Crippen MR) is 129 cm³/mol. The first kappa shape index (κ1) is 26.2. The van der Waals surface area contributed by atoms with E-state index in [9.17, 15) is 15.2 Å². The van der Waals surface area contributed by atoms with Gasteiger partial charge in [0.25, 0.3) is 0 Å². The van der Waals surface area contributed by atoms with Crippen molar-refractivity contribution in [3.63, 3.8) is 0 Å². The van der Waals surface area contributed by atoms with E-state index in [4.69, 9.17) is 9.47 Å². The molecule has 0 fully saturated rings. The summed E-state index contributed by atoms with van der Waals surface area (Å²) in [4.78, 5) is 12.1. The normalized spacial score (nSPS) is 13.5. The highest BCUT2D eigenvalue weighted by atomic mass is 16.6. The molecule has 6 heteroatoms. The van der Waals surface area contributed by atoms with Crippen molar-refractivity contribution in [1.82, 2.24) is 5.32 Å². The zero-order valence-corrected chi connectivity index (χ0v) is 20.6. The van der Waals surface area contributed by atoms with E-state index in [1.165, 1.54) is 5.56 Å². The van der Waals surface area contributed by atoms with Crippen LogP contribution in [0, 0.1) is 11.3 Å². The van der Waals surface area contributed by atoms with Crippen molar-refractivity contribution in [3.05, 3.63) is 65.2 Å². The number of amides is 1. The second kappa shape index (κ2) is 10.7. The monoisotopic (exact) mass is 452 g/mol. The fraction of sp³-hybridized carbons (Fsp3) is 0.481. The van der Waals surface area contributed by atoms with E-state index in [0.29, 0.717) is 13.0 Å². The van der Waals surface area contributed by atoms with Crippen LogP contribution in [0.25, 0.3) is 0 Å². The molecule has 0 heterocycles. The van der Waals surface area contributed by atoms with Crippen molar-refractivity contribution >= 4 is 6.09 Å². The first-order valence-corrected chi connectivity index (χ1v) is 11.2. The van der Waals surface area contributed by atoms with Crippen molar-refractivity contribution < 1.29 is 19.4 Å². The minimum atomic E-state index is -1.41. The van der Waals surface area contributed by atoms with Gasteiger partial charge in [-0.05, 0) is 67.9 Å². The molecule has 0 radical (unpaired) electrons. The van der Waals surface area contributed by atoms with Crippen molar-refractivity contribution in [2.24, 2.45) is 0 Å². The Kier molecular flexibility index (Phi) is 8.51. The van der Waals surface area contributed by atoms with Crippen LogP contribution in [0.15, 0.2) is 48.5 Å². The molecule has 0 aromatic heterocycles. The molecular weight excluding hydrogens is 416 g/mol. The molecule has 0 saturated carbocycles. The Balaban J connectivity index is 1.92. The molecule has 0 aliphatic rings. The molecule has 33 heavy (non-hydrogen) atoms. The van der Waals surface area contributed by atoms with Gasteiger partial charge in [0.15, 0.2) is 5.54 Å². The lowest BCUT2D eigenvalue weighted by Gasteiger charge is -2.28. The zero-order chi connectivity index (χ0) is 24.7. The third-order valence-electron chi connectivity index (χ3n) is 5.21. The number of aliphatic hydroxyl groups excluding tert-OH is 1. The number of nitrogens with one attached hydrogen (secondary N) is 1. The molecule has 6 nitrogen and oxygen atoms in total. The zero-order valence-electron chi connectivity index (χ0n) is 20.6. The molecule has 178 valence electrons. The number of carbonyl (C=O) groups is 1. The third-order valence-corrected chi connectivity index (χ3v) is 5.21. The molecule has 0 bridgehead atoms. The number of nitrogens with zero attached hydrogens (tertiary/aromatic N) is 1. The quantitative estimate of drug-likeness (QED) is 0.569. The largest absolute Gasteiger partial charge is 0.489 e. The molecule has 0 spiro atoms. The number of aliphatic hydroxyl groups is 1. The Hall–Kier alpha value is -3.04. The number of ether oxygens (including phenoxy) is 2. The number of nitriles is 1. The van der Waals surface area contributed by atoms with E-state index in [1.807, 2.05) is 30.3 Å². The summed E-state index contributed by atoms with van der Waals surface area (Å²) in [5, 5.41) is 21.9. The van der Waals surface area contributed by atoms with Crippen molar-refractivity contribution in [3.8, 4) is 11.8 Å². The van der Waals surface area contributed by atoms with Crippen LogP contribution in [0.5, 0.6) is 5.75 Å². The minimum absolute atomic E-state index is 0.122. The molecule has 2 aromatic carbocycles. The fourth-order valence-electron chi connectivity index (χ4n) is 3.18. The molecule has 0 saturated heterocycles. The van der Waals surface area contributed by atoms with Gasteiger partial charge in [0, 0.05) is 0 Å². The first-order chi connectivity index (χ1) is 15.4. The van der Waals surface area contributed by atoms with Crippen molar-refractivity contribution in [1.29, 1.82) is 5.26 Å². The van der Waals surface area contributed by atoms with Gasteiger partial charge in [-0.1, -0.05) is 57.2 Å². The summed E-state index contributed by atoms with van der Waals surface area (Å²) in [7, 11) is 0. The summed E-state index contributed by atoms with van der Waals surface area (Å²) in [5.41, 5.74) is 1.38. The second-order valence-electron chi connectivity index (χ2n) is 10.4. The number of hydrogen-bond donors (Lipinski definition) is 2. The van der Waals surface area contributed by atoms with Crippen molar-refractivity contribution in [2.75, 3.05) is 6.61 Å². The Morgan fingerprint density at radius 3 is 2.03 bits per heavy atom. The Bertz CT molecular complexity index is 948. The molecule has 2 aromatic rings. The summed E-state index contributed by atoms with van der Waals surface area (Å²) in [5.74, 6) is 0.749. The molecule has 1 amide bonds. The molecular formula is C27H36N2O4. The maximum absolute atomic E-state index is 12.1. The van der Waals surface area contributed by atoms with Crippen LogP contribution in [0.2, 0.25) is 0 Å². The maximum Gasteiger partial charge on any atom is 0.408 e. The summed E-state index contributed by atoms with van der Waals surface area (Å²) in [6, 6.07) is 18.1. The highest BCUT2D eigenvalue weighted by Gasteiger charge is 2.33. The molecule has 2 rings (SSSR count). The van der Waals surface area contributed by atoms with Gasteiger partial charge in [0.1, 0.15) is 18.0 Å². The molecule has 2 N–H and O–H groups in total. The molecule has 1 unspecified atom stereocenters. The van der Waals surface area contributed by atoms with E-state index >= 15 is 0 Å². The Morgan fingerprint density at radius 2 is 1.55 bits per heavy atom. The van der Waals surface area contributed by atoms with Gasteiger partial charge in [-0.15, -0.1) is 0 Å². The first-order valence-electron chi connectivity index (χ1n) is 11.2. The lowest BCUT2D eigenvalue weighted by molar-refractivity contribution is 0.0438. The number of benzene rings is 2. The number of aryl methyl sites for hydroxylation is 1. The topological polar surface area (TPSA) is 91.6 Å². The molecule has 1 atom stereocenters.